The lowest BCUT2D eigenvalue weighted by Gasteiger charge is -2.23. The molecule has 1 atom stereocenters. The predicted octanol–water partition coefficient (Wildman–Crippen LogP) is 3.66. The van der Waals surface area contributed by atoms with Crippen molar-refractivity contribution in [3.8, 4) is 0 Å². The van der Waals surface area contributed by atoms with Crippen molar-refractivity contribution in [2.24, 2.45) is 5.92 Å². The third-order valence-corrected chi connectivity index (χ3v) is 3.64. The van der Waals surface area contributed by atoms with Crippen molar-refractivity contribution in [3.05, 3.63) is 69.8 Å². The van der Waals surface area contributed by atoms with Crippen LogP contribution in [0.2, 0.25) is 0 Å². The number of hydrogen-bond donors (Lipinski definition) is 2. The first-order chi connectivity index (χ1) is 10.5. The van der Waals surface area contributed by atoms with E-state index in [1.54, 1.807) is 6.07 Å². The highest BCUT2D eigenvalue weighted by Crippen LogP contribution is 2.25. The van der Waals surface area contributed by atoms with Crippen LogP contribution < -0.4 is 11.1 Å². The highest BCUT2D eigenvalue weighted by Gasteiger charge is 2.16. The Labute approximate surface area is 130 Å². The van der Waals surface area contributed by atoms with Crippen LogP contribution in [0.5, 0.6) is 0 Å². The monoisotopic (exact) mass is 299 g/mol. The molecule has 2 rings (SSSR count). The first-order valence-corrected chi connectivity index (χ1v) is 7.30. The molecule has 0 aliphatic rings. The van der Waals surface area contributed by atoms with Crippen molar-refractivity contribution in [1.29, 1.82) is 0 Å². The van der Waals surface area contributed by atoms with Crippen molar-refractivity contribution in [3.63, 3.8) is 0 Å². The van der Waals surface area contributed by atoms with E-state index in [0.717, 1.165) is 5.56 Å². The van der Waals surface area contributed by atoms with Gasteiger partial charge in [-0.1, -0.05) is 50.2 Å². The topological polar surface area (TPSA) is 81.2 Å². The molecular weight excluding hydrogens is 278 g/mol. The average molecular weight is 299 g/mol. The number of nitrogens with two attached hydrogens (primary N) is 1. The Morgan fingerprint density at radius 1 is 1.18 bits per heavy atom. The maximum absolute atomic E-state index is 10.9. The largest absolute Gasteiger partial charge is 0.393 e. The summed E-state index contributed by atoms with van der Waals surface area (Å²) in [5.41, 5.74) is 7.83. The number of nitro benzene ring substituents is 1. The number of nitro groups is 1. The van der Waals surface area contributed by atoms with E-state index in [1.807, 2.05) is 24.3 Å². The van der Waals surface area contributed by atoms with Crippen LogP contribution in [0.3, 0.4) is 0 Å². The smallest absolute Gasteiger partial charge is 0.292 e. The number of nitrogen functional groups attached to an aromatic ring is 1. The quantitative estimate of drug-likeness (QED) is 0.484. The molecule has 0 bridgehead atoms. The number of nitrogens with one attached hydrogen (secondary N) is 1. The lowest BCUT2D eigenvalue weighted by molar-refractivity contribution is -0.384. The molecule has 2 aromatic carbocycles. The molecule has 3 N–H and O–H groups in total. The molecule has 0 fully saturated rings. The van der Waals surface area contributed by atoms with Crippen molar-refractivity contribution in [1.82, 2.24) is 5.32 Å². The van der Waals surface area contributed by atoms with Crippen molar-refractivity contribution < 1.29 is 4.92 Å². The average Bonchev–Trinajstić information content (AvgIpc) is 2.49. The Morgan fingerprint density at radius 3 is 2.45 bits per heavy atom. The predicted molar refractivity (Wildman–Crippen MR) is 88.4 cm³/mol. The lowest BCUT2D eigenvalue weighted by atomic mass is 9.96. The lowest BCUT2D eigenvalue weighted by Crippen LogP contribution is -2.25. The molecule has 0 spiro atoms. The number of nitrogens with zero attached hydrogens (tertiary/aromatic N) is 1. The molecule has 0 aromatic heterocycles. The van der Waals surface area contributed by atoms with Crippen molar-refractivity contribution in [2.45, 2.75) is 26.4 Å². The van der Waals surface area contributed by atoms with E-state index in [1.165, 1.54) is 11.6 Å². The molecule has 2 aromatic rings. The molecule has 0 aliphatic carbocycles. The van der Waals surface area contributed by atoms with Gasteiger partial charge < -0.3 is 11.1 Å². The Balaban J connectivity index is 2.13. The van der Waals surface area contributed by atoms with Crippen LogP contribution in [0.15, 0.2) is 48.5 Å². The van der Waals surface area contributed by atoms with Gasteiger partial charge in [0.15, 0.2) is 0 Å². The summed E-state index contributed by atoms with van der Waals surface area (Å²) in [6.07, 6.45) is 0. The van der Waals surface area contributed by atoms with Gasteiger partial charge in [-0.05, 0) is 23.1 Å². The van der Waals surface area contributed by atoms with Gasteiger partial charge in [-0.3, -0.25) is 10.1 Å². The molecule has 0 saturated heterocycles. The van der Waals surface area contributed by atoms with Gasteiger partial charge in [0.25, 0.3) is 5.69 Å². The van der Waals surface area contributed by atoms with E-state index in [4.69, 9.17) is 5.73 Å². The summed E-state index contributed by atoms with van der Waals surface area (Å²) in [6.45, 7) is 4.85. The first kappa shape index (κ1) is 16.0. The second-order valence-electron chi connectivity index (χ2n) is 5.66. The van der Waals surface area contributed by atoms with Gasteiger partial charge in [0.05, 0.1) is 4.92 Å². The van der Waals surface area contributed by atoms with Crippen LogP contribution in [0.4, 0.5) is 11.4 Å². The van der Waals surface area contributed by atoms with E-state index < -0.39 is 4.92 Å². The fraction of sp³-hybridized carbons (Fsp3) is 0.294. The third-order valence-electron chi connectivity index (χ3n) is 3.64. The Kier molecular flexibility index (Phi) is 5.12. The van der Waals surface area contributed by atoms with Gasteiger partial charge in [0.2, 0.25) is 0 Å². The van der Waals surface area contributed by atoms with E-state index in [2.05, 4.69) is 31.3 Å². The second kappa shape index (κ2) is 7.04. The highest BCUT2D eigenvalue weighted by atomic mass is 16.6. The Hall–Kier alpha value is -2.40. The summed E-state index contributed by atoms with van der Waals surface area (Å²) in [6, 6.07) is 15.3. The molecule has 5 heteroatoms. The van der Waals surface area contributed by atoms with Gasteiger partial charge in [0.1, 0.15) is 5.69 Å². The van der Waals surface area contributed by atoms with Crippen LogP contribution in [0.1, 0.15) is 31.0 Å². The van der Waals surface area contributed by atoms with Crippen LogP contribution in [0.25, 0.3) is 0 Å². The number of hydrogen-bond acceptors (Lipinski definition) is 4. The molecule has 0 radical (unpaired) electrons. The molecular formula is C17H21N3O2. The zero-order valence-corrected chi connectivity index (χ0v) is 12.8. The number of anilines is 1. The summed E-state index contributed by atoms with van der Waals surface area (Å²) >= 11 is 0. The minimum Gasteiger partial charge on any atom is -0.393 e. The normalized spacial score (nSPS) is 12.3. The Bertz CT molecular complexity index is 642. The maximum Gasteiger partial charge on any atom is 0.292 e. The molecule has 116 valence electrons. The van der Waals surface area contributed by atoms with Crippen LogP contribution >= 0.6 is 0 Å². The number of rotatable bonds is 6. The first-order valence-electron chi connectivity index (χ1n) is 7.30. The summed E-state index contributed by atoms with van der Waals surface area (Å²) in [7, 11) is 0. The SMILES string of the molecule is CC(C)[C@@H](NCc1ccc(N)c([N+](=O)[O-])c1)c1ccccc1. The fourth-order valence-corrected chi connectivity index (χ4v) is 2.48. The summed E-state index contributed by atoms with van der Waals surface area (Å²) in [5, 5.41) is 14.4. The second-order valence-corrected chi connectivity index (χ2v) is 5.66. The van der Waals surface area contributed by atoms with Gasteiger partial charge in [-0.2, -0.15) is 0 Å². The molecule has 0 heterocycles. The third kappa shape index (κ3) is 3.83. The minimum atomic E-state index is -0.448. The molecule has 0 amide bonds. The van der Waals surface area contributed by atoms with Gasteiger partial charge >= 0.3 is 0 Å². The van der Waals surface area contributed by atoms with E-state index in [-0.39, 0.29) is 17.4 Å². The highest BCUT2D eigenvalue weighted by molar-refractivity contribution is 5.59. The molecule has 22 heavy (non-hydrogen) atoms. The van der Waals surface area contributed by atoms with Crippen LogP contribution in [-0.4, -0.2) is 4.92 Å². The fourth-order valence-electron chi connectivity index (χ4n) is 2.48. The number of benzene rings is 2. The van der Waals surface area contributed by atoms with Gasteiger partial charge in [-0.25, -0.2) is 0 Å². The molecule has 0 aliphatic heterocycles. The van der Waals surface area contributed by atoms with Crippen molar-refractivity contribution >= 4 is 11.4 Å². The molecule has 5 nitrogen and oxygen atoms in total. The van der Waals surface area contributed by atoms with Crippen molar-refractivity contribution in [2.75, 3.05) is 5.73 Å². The molecule has 0 saturated carbocycles. The summed E-state index contributed by atoms with van der Waals surface area (Å²) < 4.78 is 0. The summed E-state index contributed by atoms with van der Waals surface area (Å²) in [4.78, 5) is 10.5. The van der Waals surface area contributed by atoms with Crippen LogP contribution in [-0.2, 0) is 6.54 Å². The standard InChI is InChI=1S/C17H21N3O2/c1-12(2)17(14-6-4-3-5-7-14)19-11-13-8-9-15(18)16(10-13)20(21)22/h3-10,12,17,19H,11,18H2,1-2H3/t17-/m1/s1. The van der Waals surface area contributed by atoms with E-state index in [0.29, 0.717) is 12.5 Å². The van der Waals surface area contributed by atoms with Gasteiger partial charge in [-0.15, -0.1) is 0 Å². The Morgan fingerprint density at radius 2 is 1.86 bits per heavy atom. The van der Waals surface area contributed by atoms with E-state index in [9.17, 15) is 10.1 Å². The molecule has 0 unspecified atom stereocenters. The maximum atomic E-state index is 10.9. The zero-order chi connectivity index (χ0) is 16.1. The summed E-state index contributed by atoms with van der Waals surface area (Å²) in [5.74, 6) is 0.408. The minimum absolute atomic E-state index is 0.0416. The van der Waals surface area contributed by atoms with E-state index >= 15 is 0 Å². The zero-order valence-electron chi connectivity index (χ0n) is 12.8. The van der Waals surface area contributed by atoms with Gasteiger partial charge in [0, 0.05) is 18.7 Å². The van der Waals surface area contributed by atoms with Crippen LogP contribution in [0, 0.1) is 16.0 Å².